The number of carbonyl (C=O) groups excluding carboxylic acids is 1. The van der Waals surface area contributed by atoms with Crippen LogP contribution in [0.3, 0.4) is 0 Å². The topological polar surface area (TPSA) is 52.9 Å². The molecule has 1 heterocycles. The number of nitriles is 1. The Morgan fingerprint density at radius 1 is 1.33 bits per heavy atom. The van der Waals surface area contributed by atoms with Crippen LogP contribution in [0.2, 0.25) is 0 Å². The number of thiophene rings is 1. The van der Waals surface area contributed by atoms with Gasteiger partial charge in [-0.1, -0.05) is 0 Å². The first-order valence-electron chi connectivity index (χ1n) is 5.48. The molecule has 0 bridgehead atoms. The normalized spacial score (nSPS) is 11.0. The van der Waals surface area contributed by atoms with Crippen molar-refractivity contribution in [3.8, 4) is 6.07 Å². The first-order valence-corrected chi connectivity index (χ1v) is 7.44. The number of hydrogen-bond donors (Lipinski definition) is 1. The molecular formula is C13H6F3IN2OS. The van der Waals surface area contributed by atoms with Crippen LogP contribution in [0.15, 0.2) is 29.6 Å². The maximum atomic E-state index is 13.0. The maximum Gasteiger partial charge on any atom is 0.418 e. The van der Waals surface area contributed by atoms with E-state index in [0.717, 1.165) is 8.95 Å². The number of nitrogens with zero attached hydrogens (tertiary/aromatic N) is 1. The number of nitrogens with one attached hydrogen (secondary N) is 1. The highest BCUT2D eigenvalue weighted by Gasteiger charge is 2.34. The molecule has 0 unspecified atom stereocenters. The average Bonchev–Trinajstić information content (AvgIpc) is 2.84. The second-order valence-corrected chi connectivity index (χ2v) is 6.77. The van der Waals surface area contributed by atoms with E-state index in [2.05, 4.69) is 5.32 Å². The van der Waals surface area contributed by atoms with Crippen molar-refractivity contribution in [2.45, 2.75) is 6.18 Å². The smallest absolute Gasteiger partial charge is 0.321 e. The van der Waals surface area contributed by atoms with E-state index >= 15 is 0 Å². The fraction of sp³-hybridized carbons (Fsp3) is 0.0769. The van der Waals surface area contributed by atoms with Crippen LogP contribution < -0.4 is 5.32 Å². The Kier molecular flexibility index (Phi) is 4.53. The SMILES string of the molecule is N#Cc1ccc(NC(=O)c2csc(I)c2)c(C(F)(F)F)c1. The van der Waals surface area contributed by atoms with Crippen molar-refractivity contribution in [3.63, 3.8) is 0 Å². The highest BCUT2D eigenvalue weighted by Crippen LogP contribution is 2.35. The van der Waals surface area contributed by atoms with E-state index in [0.29, 0.717) is 11.6 Å². The van der Waals surface area contributed by atoms with Gasteiger partial charge in [-0.05, 0) is 46.9 Å². The molecule has 0 spiro atoms. The van der Waals surface area contributed by atoms with Gasteiger partial charge in [-0.3, -0.25) is 4.79 Å². The van der Waals surface area contributed by atoms with Gasteiger partial charge < -0.3 is 5.32 Å². The van der Waals surface area contributed by atoms with Crippen LogP contribution in [0, 0.1) is 14.2 Å². The lowest BCUT2D eigenvalue weighted by atomic mass is 10.1. The average molecular weight is 422 g/mol. The van der Waals surface area contributed by atoms with Crippen LogP contribution in [-0.4, -0.2) is 5.91 Å². The van der Waals surface area contributed by atoms with Gasteiger partial charge >= 0.3 is 6.18 Å². The molecule has 1 aromatic heterocycles. The number of carbonyl (C=O) groups is 1. The number of hydrogen-bond acceptors (Lipinski definition) is 3. The highest BCUT2D eigenvalue weighted by molar-refractivity contribution is 14.1. The van der Waals surface area contributed by atoms with Crippen molar-refractivity contribution in [2.24, 2.45) is 0 Å². The van der Waals surface area contributed by atoms with E-state index in [-0.39, 0.29) is 11.3 Å². The number of alkyl halides is 3. The summed E-state index contributed by atoms with van der Waals surface area (Å²) in [7, 11) is 0. The lowest BCUT2D eigenvalue weighted by molar-refractivity contribution is -0.136. The lowest BCUT2D eigenvalue weighted by Gasteiger charge is -2.13. The van der Waals surface area contributed by atoms with Gasteiger partial charge in [-0.15, -0.1) is 11.3 Å². The summed E-state index contributed by atoms with van der Waals surface area (Å²) in [5, 5.41) is 12.5. The maximum absolute atomic E-state index is 13.0. The van der Waals surface area contributed by atoms with Crippen LogP contribution >= 0.6 is 33.9 Å². The first-order chi connectivity index (χ1) is 9.81. The molecule has 0 aliphatic rings. The van der Waals surface area contributed by atoms with Gasteiger partial charge in [-0.25, -0.2) is 0 Å². The Labute approximate surface area is 135 Å². The summed E-state index contributed by atoms with van der Waals surface area (Å²) >= 11 is 3.34. The molecule has 0 radical (unpaired) electrons. The Morgan fingerprint density at radius 2 is 2.05 bits per heavy atom. The predicted molar refractivity (Wildman–Crippen MR) is 81.1 cm³/mol. The van der Waals surface area contributed by atoms with Gasteiger partial charge in [0.2, 0.25) is 0 Å². The summed E-state index contributed by atoms with van der Waals surface area (Å²) in [6.07, 6.45) is -4.65. The third-order valence-corrected chi connectivity index (χ3v) is 4.32. The van der Waals surface area contributed by atoms with Gasteiger partial charge in [0.15, 0.2) is 0 Å². The Balaban J connectivity index is 2.36. The minimum absolute atomic E-state index is 0.120. The second-order valence-electron chi connectivity index (χ2n) is 3.96. The minimum atomic E-state index is -4.65. The van der Waals surface area contributed by atoms with E-state index < -0.39 is 17.6 Å². The number of halogens is 4. The number of rotatable bonds is 2. The third-order valence-electron chi connectivity index (χ3n) is 2.53. The Hall–Kier alpha value is -1.60. The van der Waals surface area contributed by atoms with Crippen LogP contribution in [0.5, 0.6) is 0 Å². The Morgan fingerprint density at radius 3 is 2.57 bits per heavy atom. The van der Waals surface area contributed by atoms with Crippen molar-refractivity contribution in [2.75, 3.05) is 5.32 Å². The summed E-state index contributed by atoms with van der Waals surface area (Å²) in [5.41, 5.74) is -1.24. The molecule has 3 nitrogen and oxygen atoms in total. The van der Waals surface area contributed by atoms with E-state index in [1.807, 2.05) is 22.6 Å². The van der Waals surface area contributed by atoms with Crippen molar-refractivity contribution in [1.29, 1.82) is 5.26 Å². The van der Waals surface area contributed by atoms with E-state index in [1.165, 1.54) is 17.4 Å². The van der Waals surface area contributed by atoms with E-state index in [4.69, 9.17) is 5.26 Å². The van der Waals surface area contributed by atoms with Gasteiger partial charge in [0, 0.05) is 5.38 Å². The van der Waals surface area contributed by atoms with Crippen molar-refractivity contribution in [3.05, 3.63) is 49.2 Å². The van der Waals surface area contributed by atoms with Gasteiger partial charge in [0.05, 0.1) is 31.3 Å². The van der Waals surface area contributed by atoms with Crippen LogP contribution in [0.4, 0.5) is 18.9 Å². The monoisotopic (exact) mass is 422 g/mol. The molecule has 108 valence electrons. The van der Waals surface area contributed by atoms with Crippen molar-refractivity contribution >= 4 is 45.5 Å². The molecule has 2 rings (SSSR count). The molecule has 1 aromatic carbocycles. The quantitative estimate of drug-likeness (QED) is 0.726. The molecule has 8 heteroatoms. The summed E-state index contributed by atoms with van der Waals surface area (Å²) < 4.78 is 39.7. The van der Waals surface area contributed by atoms with Crippen molar-refractivity contribution < 1.29 is 18.0 Å². The predicted octanol–water partition coefficient (Wildman–Crippen LogP) is 4.50. The number of amides is 1. The fourth-order valence-electron chi connectivity index (χ4n) is 1.58. The lowest BCUT2D eigenvalue weighted by Crippen LogP contribution is -2.16. The van der Waals surface area contributed by atoms with Gasteiger partial charge in [0.25, 0.3) is 5.91 Å². The molecule has 0 saturated heterocycles. The molecule has 1 N–H and O–H groups in total. The Bertz CT molecular complexity index is 734. The highest BCUT2D eigenvalue weighted by atomic mass is 127. The molecule has 0 aliphatic heterocycles. The van der Waals surface area contributed by atoms with Crippen LogP contribution in [-0.2, 0) is 6.18 Å². The number of anilines is 1. The molecule has 0 atom stereocenters. The zero-order valence-corrected chi connectivity index (χ0v) is 13.1. The summed E-state index contributed by atoms with van der Waals surface area (Å²) in [4.78, 5) is 11.9. The summed E-state index contributed by atoms with van der Waals surface area (Å²) in [5.74, 6) is -0.621. The minimum Gasteiger partial charge on any atom is -0.321 e. The van der Waals surface area contributed by atoms with Crippen LogP contribution in [0.25, 0.3) is 0 Å². The van der Waals surface area contributed by atoms with Gasteiger partial charge in [-0.2, -0.15) is 18.4 Å². The van der Waals surface area contributed by atoms with Crippen molar-refractivity contribution in [1.82, 2.24) is 0 Å². The fourth-order valence-corrected chi connectivity index (χ4v) is 2.91. The zero-order chi connectivity index (χ0) is 15.6. The molecule has 21 heavy (non-hydrogen) atoms. The first kappa shape index (κ1) is 15.8. The van der Waals surface area contributed by atoms with E-state index in [1.54, 1.807) is 17.5 Å². The van der Waals surface area contributed by atoms with Crippen LogP contribution in [0.1, 0.15) is 21.5 Å². The van der Waals surface area contributed by atoms with Gasteiger partial charge in [0.1, 0.15) is 0 Å². The third kappa shape index (κ3) is 3.74. The van der Waals surface area contributed by atoms with E-state index in [9.17, 15) is 18.0 Å². The zero-order valence-electron chi connectivity index (χ0n) is 10.2. The molecule has 1 amide bonds. The standard InChI is InChI=1S/C13H6F3IN2OS/c14-13(15,16)9-3-7(5-18)1-2-10(9)19-12(20)8-4-11(17)21-6-8/h1-4,6H,(H,19,20). The molecule has 2 aromatic rings. The second kappa shape index (κ2) is 6.03. The summed E-state index contributed by atoms with van der Waals surface area (Å²) in [6.45, 7) is 0. The molecular weight excluding hydrogens is 416 g/mol. The summed E-state index contributed by atoms with van der Waals surface area (Å²) in [6, 6.07) is 6.24. The largest absolute Gasteiger partial charge is 0.418 e. The molecule has 0 fully saturated rings. The molecule has 0 aliphatic carbocycles. The number of benzene rings is 1. The molecule has 0 saturated carbocycles.